The van der Waals surface area contributed by atoms with Gasteiger partial charge in [-0.05, 0) is 31.9 Å². The number of hydrogen-bond acceptors (Lipinski definition) is 2. The van der Waals surface area contributed by atoms with Crippen LogP contribution in [-0.4, -0.2) is 18.5 Å². The molecule has 1 amide bonds. The summed E-state index contributed by atoms with van der Waals surface area (Å²) >= 11 is 0. The SMILES string of the molecule is CCNc1ccccc1C(=O)NC(C)C(C)C. The van der Waals surface area contributed by atoms with Crippen molar-refractivity contribution in [2.75, 3.05) is 11.9 Å². The van der Waals surface area contributed by atoms with Crippen LogP contribution < -0.4 is 10.6 Å². The number of anilines is 1. The van der Waals surface area contributed by atoms with Crippen LogP contribution in [0.3, 0.4) is 0 Å². The fraction of sp³-hybridized carbons (Fsp3) is 0.500. The largest absolute Gasteiger partial charge is 0.385 e. The van der Waals surface area contributed by atoms with Crippen LogP contribution in [0.25, 0.3) is 0 Å². The summed E-state index contributed by atoms with van der Waals surface area (Å²) in [6.45, 7) is 9.05. The lowest BCUT2D eigenvalue weighted by molar-refractivity contribution is 0.0931. The van der Waals surface area contributed by atoms with E-state index in [2.05, 4.69) is 24.5 Å². The molecule has 3 nitrogen and oxygen atoms in total. The molecule has 1 aromatic carbocycles. The summed E-state index contributed by atoms with van der Waals surface area (Å²) in [5, 5.41) is 6.21. The van der Waals surface area contributed by atoms with Gasteiger partial charge in [-0.1, -0.05) is 26.0 Å². The van der Waals surface area contributed by atoms with Crippen molar-refractivity contribution in [3.05, 3.63) is 29.8 Å². The van der Waals surface area contributed by atoms with E-state index < -0.39 is 0 Å². The molecule has 0 aromatic heterocycles. The van der Waals surface area contributed by atoms with E-state index in [0.717, 1.165) is 12.2 Å². The monoisotopic (exact) mass is 234 g/mol. The number of para-hydroxylation sites is 1. The fourth-order valence-electron chi connectivity index (χ4n) is 1.48. The Morgan fingerprint density at radius 3 is 2.47 bits per heavy atom. The average Bonchev–Trinajstić information content (AvgIpc) is 2.29. The van der Waals surface area contributed by atoms with Gasteiger partial charge in [0.25, 0.3) is 5.91 Å². The Balaban J connectivity index is 2.81. The van der Waals surface area contributed by atoms with Gasteiger partial charge in [-0.3, -0.25) is 4.79 Å². The summed E-state index contributed by atoms with van der Waals surface area (Å²) in [5.74, 6) is 0.424. The lowest BCUT2D eigenvalue weighted by atomic mass is 10.1. The molecule has 3 heteroatoms. The Morgan fingerprint density at radius 2 is 1.88 bits per heavy atom. The van der Waals surface area contributed by atoms with Gasteiger partial charge >= 0.3 is 0 Å². The highest BCUT2D eigenvalue weighted by Gasteiger charge is 2.14. The van der Waals surface area contributed by atoms with Crippen molar-refractivity contribution in [3.63, 3.8) is 0 Å². The first-order chi connectivity index (χ1) is 8.06. The van der Waals surface area contributed by atoms with Gasteiger partial charge in [0.2, 0.25) is 0 Å². The summed E-state index contributed by atoms with van der Waals surface area (Å²) in [6.07, 6.45) is 0. The van der Waals surface area contributed by atoms with Crippen LogP contribution in [0, 0.1) is 5.92 Å². The first-order valence-corrected chi connectivity index (χ1v) is 6.20. The molecule has 1 aromatic rings. The maximum Gasteiger partial charge on any atom is 0.253 e. The molecule has 1 atom stereocenters. The van der Waals surface area contributed by atoms with Crippen LogP contribution >= 0.6 is 0 Å². The number of nitrogens with one attached hydrogen (secondary N) is 2. The molecule has 0 fully saturated rings. The van der Waals surface area contributed by atoms with Crippen molar-refractivity contribution in [2.24, 2.45) is 5.92 Å². The second kappa shape index (κ2) is 6.28. The molecule has 0 bridgehead atoms. The molecular weight excluding hydrogens is 212 g/mol. The quantitative estimate of drug-likeness (QED) is 0.822. The molecule has 2 N–H and O–H groups in total. The van der Waals surface area contributed by atoms with Crippen LogP contribution in [0.5, 0.6) is 0 Å². The minimum Gasteiger partial charge on any atom is -0.385 e. The van der Waals surface area contributed by atoms with Gasteiger partial charge < -0.3 is 10.6 Å². The summed E-state index contributed by atoms with van der Waals surface area (Å²) in [4.78, 5) is 12.1. The minimum atomic E-state index is -0.0113. The maximum atomic E-state index is 12.1. The Hall–Kier alpha value is -1.51. The molecule has 0 radical (unpaired) electrons. The molecule has 0 aliphatic heterocycles. The molecular formula is C14H22N2O. The number of carbonyl (C=O) groups is 1. The van der Waals surface area contributed by atoms with Gasteiger partial charge in [0.15, 0.2) is 0 Å². The number of benzene rings is 1. The second-order valence-electron chi connectivity index (χ2n) is 4.58. The van der Waals surface area contributed by atoms with E-state index in [1.54, 1.807) is 0 Å². The lowest BCUT2D eigenvalue weighted by Gasteiger charge is -2.18. The molecule has 0 saturated heterocycles. The van der Waals surface area contributed by atoms with Crippen molar-refractivity contribution in [1.29, 1.82) is 0 Å². The van der Waals surface area contributed by atoms with E-state index in [1.807, 2.05) is 38.1 Å². The van der Waals surface area contributed by atoms with Crippen LogP contribution in [0.4, 0.5) is 5.69 Å². The Kier molecular flexibility index (Phi) is 5.01. The summed E-state index contributed by atoms with van der Waals surface area (Å²) in [5.41, 5.74) is 1.60. The smallest absolute Gasteiger partial charge is 0.253 e. The number of rotatable bonds is 5. The number of hydrogen-bond donors (Lipinski definition) is 2. The zero-order valence-corrected chi connectivity index (χ0v) is 11.1. The summed E-state index contributed by atoms with van der Waals surface area (Å²) in [7, 11) is 0. The molecule has 0 spiro atoms. The molecule has 0 saturated carbocycles. The molecule has 1 rings (SSSR count). The van der Waals surface area contributed by atoms with Crippen LogP contribution in [0.15, 0.2) is 24.3 Å². The molecule has 17 heavy (non-hydrogen) atoms. The van der Waals surface area contributed by atoms with Crippen LogP contribution in [0.1, 0.15) is 38.1 Å². The molecule has 0 heterocycles. The first-order valence-electron chi connectivity index (χ1n) is 6.20. The van der Waals surface area contributed by atoms with E-state index in [9.17, 15) is 4.79 Å². The molecule has 1 unspecified atom stereocenters. The number of amides is 1. The first kappa shape index (κ1) is 13.6. The Morgan fingerprint density at radius 1 is 1.24 bits per heavy atom. The highest BCUT2D eigenvalue weighted by Crippen LogP contribution is 2.15. The highest BCUT2D eigenvalue weighted by atomic mass is 16.1. The van der Waals surface area contributed by atoms with E-state index >= 15 is 0 Å². The second-order valence-corrected chi connectivity index (χ2v) is 4.58. The van der Waals surface area contributed by atoms with Gasteiger partial charge in [0, 0.05) is 18.3 Å². The van der Waals surface area contributed by atoms with E-state index in [4.69, 9.17) is 0 Å². The lowest BCUT2D eigenvalue weighted by Crippen LogP contribution is -2.36. The third-order valence-electron chi connectivity index (χ3n) is 2.90. The van der Waals surface area contributed by atoms with Gasteiger partial charge in [-0.2, -0.15) is 0 Å². The van der Waals surface area contributed by atoms with Gasteiger partial charge in [0.1, 0.15) is 0 Å². The van der Waals surface area contributed by atoms with E-state index in [-0.39, 0.29) is 11.9 Å². The zero-order chi connectivity index (χ0) is 12.8. The zero-order valence-electron chi connectivity index (χ0n) is 11.1. The maximum absolute atomic E-state index is 12.1. The van der Waals surface area contributed by atoms with E-state index in [1.165, 1.54) is 0 Å². The molecule has 0 aliphatic carbocycles. The minimum absolute atomic E-state index is 0.0113. The van der Waals surface area contributed by atoms with Crippen molar-refractivity contribution in [1.82, 2.24) is 5.32 Å². The summed E-state index contributed by atoms with van der Waals surface area (Å²) < 4.78 is 0. The van der Waals surface area contributed by atoms with E-state index in [0.29, 0.717) is 11.5 Å². The van der Waals surface area contributed by atoms with Gasteiger partial charge in [0.05, 0.1) is 5.56 Å². The van der Waals surface area contributed by atoms with Gasteiger partial charge in [-0.15, -0.1) is 0 Å². The third-order valence-corrected chi connectivity index (χ3v) is 2.90. The predicted molar refractivity (Wildman–Crippen MR) is 72.4 cm³/mol. The molecule has 0 aliphatic rings. The third kappa shape index (κ3) is 3.77. The fourth-order valence-corrected chi connectivity index (χ4v) is 1.48. The van der Waals surface area contributed by atoms with Crippen LogP contribution in [-0.2, 0) is 0 Å². The van der Waals surface area contributed by atoms with Crippen molar-refractivity contribution < 1.29 is 4.79 Å². The Bertz CT molecular complexity index is 374. The molecule has 94 valence electrons. The van der Waals surface area contributed by atoms with Gasteiger partial charge in [-0.25, -0.2) is 0 Å². The average molecular weight is 234 g/mol. The van der Waals surface area contributed by atoms with Crippen LogP contribution in [0.2, 0.25) is 0 Å². The number of carbonyl (C=O) groups excluding carboxylic acids is 1. The normalized spacial score (nSPS) is 12.3. The highest BCUT2D eigenvalue weighted by molar-refractivity contribution is 5.99. The van der Waals surface area contributed by atoms with Crippen molar-refractivity contribution in [3.8, 4) is 0 Å². The Labute approximate surface area is 104 Å². The topological polar surface area (TPSA) is 41.1 Å². The van der Waals surface area contributed by atoms with Crippen molar-refractivity contribution in [2.45, 2.75) is 33.7 Å². The van der Waals surface area contributed by atoms with Crippen molar-refractivity contribution >= 4 is 11.6 Å². The standard InChI is InChI=1S/C14H22N2O/c1-5-15-13-9-7-6-8-12(13)14(17)16-11(4)10(2)3/h6-11,15H,5H2,1-4H3,(H,16,17). The predicted octanol–water partition coefficient (Wildman–Crippen LogP) is 2.89. The summed E-state index contributed by atoms with van der Waals surface area (Å²) in [6, 6.07) is 7.77.